The summed E-state index contributed by atoms with van der Waals surface area (Å²) in [4.78, 5) is 19.8. The summed E-state index contributed by atoms with van der Waals surface area (Å²) in [5, 5.41) is 8.17. The van der Waals surface area contributed by atoms with Crippen molar-refractivity contribution < 1.29 is 4.79 Å². The third-order valence-electron chi connectivity index (χ3n) is 5.81. The van der Waals surface area contributed by atoms with Gasteiger partial charge in [0.15, 0.2) is 11.4 Å². The quantitative estimate of drug-likeness (QED) is 0.833. The average molecular weight is 340 g/mol. The van der Waals surface area contributed by atoms with E-state index < -0.39 is 0 Å². The highest BCUT2D eigenvalue weighted by atomic mass is 16.1. The number of pyridine rings is 1. The molecule has 0 bridgehead atoms. The first-order valence-electron chi connectivity index (χ1n) is 9.94. The van der Waals surface area contributed by atoms with Gasteiger partial charge in [-0.15, -0.1) is 0 Å². The Bertz CT molecular complexity index is 724. The number of nitrogens with one attached hydrogen (secondary N) is 1. The van der Waals surface area contributed by atoms with Crippen LogP contribution in [0.15, 0.2) is 12.1 Å². The smallest absolute Gasteiger partial charge is 0.183 e. The van der Waals surface area contributed by atoms with Crippen LogP contribution in [0.25, 0.3) is 11.0 Å². The maximum absolute atomic E-state index is 12.7. The van der Waals surface area contributed by atoms with Crippen molar-refractivity contribution in [3.8, 4) is 0 Å². The summed E-state index contributed by atoms with van der Waals surface area (Å²) in [5.74, 6) is 1.73. The van der Waals surface area contributed by atoms with E-state index >= 15 is 0 Å². The Morgan fingerprint density at radius 1 is 1.04 bits per heavy atom. The van der Waals surface area contributed by atoms with Gasteiger partial charge in [0.05, 0.1) is 0 Å². The first-order chi connectivity index (χ1) is 12.3. The van der Waals surface area contributed by atoms with E-state index in [0.29, 0.717) is 23.7 Å². The zero-order chi connectivity index (χ0) is 17.1. The second kappa shape index (κ2) is 7.54. The molecule has 5 nitrogen and oxygen atoms in total. The fourth-order valence-electron chi connectivity index (χ4n) is 4.33. The first kappa shape index (κ1) is 16.6. The number of Topliss-reactive ketones (excluding diaryl/α,β-unsaturated/α-hetero) is 1. The van der Waals surface area contributed by atoms with Crippen molar-refractivity contribution in [2.75, 3.05) is 18.0 Å². The van der Waals surface area contributed by atoms with Crippen LogP contribution in [-0.4, -0.2) is 34.1 Å². The van der Waals surface area contributed by atoms with Gasteiger partial charge in [-0.1, -0.05) is 44.9 Å². The third kappa shape index (κ3) is 3.70. The molecule has 0 amide bonds. The highest BCUT2D eigenvalue weighted by Crippen LogP contribution is 2.29. The Morgan fingerprint density at radius 3 is 2.52 bits per heavy atom. The fraction of sp³-hybridized carbons (Fsp3) is 0.650. The number of nitrogens with zero attached hydrogens (tertiary/aromatic N) is 3. The third-order valence-corrected chi connectivity index (χ3v) is 5.81. The highest BCUT2D eigenvalue weighted by molar-refractivity contribution is 6.05. The predicted molar refractivity (Wildman–Crippen MR) is 100 cm³/mol. The van der Waals surface area contributed by atoms with E-state index in [1.165, 1.54) is 57.8 Å². The summed E-state index contributed by atoms with van der Waals surface area (Å²) in [5.41, 5.74) is 1.32. The minimum Gasteiger partial charge on any atom is -0.357 e. The molecule has 0 spiro atoms. The summed E-state index contributed by atoms with van der Waals surface area (Å²) in [6.07, 6.45) is 11.9. The number of carbonyl (C=O) groups excluding carboxylic acids is 1. The number of carbonyl (C=O) groups is 1. The number of hydrogen-bond donors (Lipinski definition) is 1. The van der Waals surface area contributed by atoms with Crippen LogP contribution in [0, 0.1) is 5.92 Å². The molecule has 1 saturated carbocycles. The topological polar surface area (TPSA) is 61.9 Å². The van der Waals surface area contributed by atoms with Gasteiger partial charge < -0.3 is 4.90 Å². The number of aromatic nitrogens is 3. The lowest BCUT2D eigenvalue weighted by atomic mass is 9.85. The molecule has 4 rings (SSSR count). The lowest BCUT2D eigenvalue weighted by molar-refractivity contribution is 0.0947. The van der Waals surface area contributed by atoms with Crippen LogP contribution in [0.4, 0.5) is 5.82 Å². The molecule has 1 saturated heterocycles. The molecule has 2 aromatic rings. The molecule has 2 aliphatic rings. The molecular formula is C20H28N4O. The number of aromatic amines is 1. The van der Waals surface area contributed by atoms with Crippen molar-refractivity contribution in [3.63, 3.8) is 0 Å². The predicted octanol–water partition coefficient (Wildman–Crippen LogP) is 4.49. The SMILES string of the molecule is O=C(CC1CCCCC1)c1[nH]nc2nc(N3CCCCCC3)ccc12. The van der Waals surface area contributed by atoms with E-state index in [2.05, 4.69) is 21.2 Å². The normalized spacial score (nSPS) is 19.9. The Hall–Kier alpha value is -1.91. The minimum absolute atomic E-state index is 0.193. The zero-order valence-electron chi connectivity index (χ0n) is 15.0. The largest absolute Gasteiger partial charge is 0.357 e. The number of fused-ring (bicyclic) bond motifs is 1. The maximum atomic E-state index is 12.7. The molecule has 3 heterocycles. The van der Waals surface area contributed by atoms with Gasteiger partial charge in [-0.3, -0.25) is 9.89 Å². The average Bonchev–Trinajstić information content (AvgIpc) is 2.87. The van der Waals surface area contributed by atoms with Crippen LogP contribution in [0.2, 0.25) is 0 Å². The van der Waals surface area contributed by atoms with Crippen molar-refractivity contribution >= 4 is 22.6 Å². The van der Waals surface area contributed by atoms with Crippen molar-refractivity contribution in [2.24, 2.45) is 5.92 Å². The molecule has 25 heavy (non-hydrogen) atoms. The van der Waals surface area contributed by atoms with Gasteiger partial charge in [0.2, 0.25) is 0 Å². The van der Waals surface area contributed by atoms with Gasteiger partial charge in [-0.2, -0.15) is 5.10 Å². The van der Waals surface area contributed by atoms with Crippen molar-refractivity contribution in [1.82, 2.24) is 15.2 Å². The van der Waals surface area contributed by atoms with Gasteiger partial charge in [-0.05, 0) is 30.9 Å². The van der Waals surface area contributed by atoms with Crippen LogP contribution < -0.4 is 4.90 Å². The van der Waals surface area contributed by atoms with Gasteiger partial charge >= 0.3 is 0 Å². The van der Waals surface area contributed by atoms with E-state index in [1.54, 1.807) is 0 Å². The molecule has 0 aromatic carbocycles. The standard InChI is InChI=1S/C20H28N4O/c25-17(14-15-8-4-3-5-9-15)19-16-10-11-18(21-20(16)23-22-19)24-12-6-1-2-7-13-24/h10-11,15H,1-9,12-14H2,(H,21,22,23). The van der Waals surface area contributed by atoms with Crippen LogP contribution in [0.5, 0.6) is 0 Å². The van der Waals surface area contributed by atoms with Crippen molar-refractivity contribution in [1.29, 1.82) is 0 Å². The van der Waals surface area contributed by atoms with E-state index in [1.807, 2.05) is 6.07 Å². The Balaban J connectivity index is 1.52. The van der Waals surface area contributed by atoms with Crippen LogP contribution in [-0.2, 0) is 0 Å². The second-order valence-electron chi connectivity index (χ2n) is 7.67. The van der Waals surface area contributed by atoms with E-state index in [4.69, 9.17) is 4.98 Å². The van der Waals surface area contributed by atoms with Gasteiger partial charge in [0, 0.05) is 24.9 Å². The summed E-state index contributed by atoms with van der Waals surface area (Å²) < 4.78 is 0. The van der Waals surface area contributed by atoms with Crippen molar-refractivity contribution in [2.45, 2.75) is 64.2 Å². The van der Waals surface area contributed by atoms with E-state index in [0.717, 1.165) is 24.3 Å². The fourth-order valence-corrected chi connectivity index (χ4v) is 4.33. The Morgan fingerprint density at radius 2 is 1.76 bits per heavy atom. The van der Waals surface area contributed by atoms with E-state index in [-0.39, 0.29) is 5.78 Å². The molecule has 1 aliphatic heterocycles. The summed E-state index contributed by atoms with van der Waals surface area (Å²) in [6, 6.07) is 4.08. The molecule has 2 aromatic heterocycles. The summed E-state index contributed by atoms with van der Waals surface area (Å²) in [6.45, 7) is 2.13. The maximum Gasteiger partial charge on any atom is 0.183 e. The van der Waals surface area contributed by atoms with Gasteiger partial charge in [-0.25, -0.2) is 4.98 Å². The van der Waals surface area contributed by atoms with Gasteiger partial charge in [0.25, 0.3) is 0 Å². The molecule has 2 fully saturated rings. The van der Waals surface area contributed by atoms with Crippen LogP contribution in [0.3, 0.4) is 0 Å². The number of hydrogen-bond acceptors (Lipinski definition) is 4. The number of H-pyrrole nitrogens is 1. The highest BCUT2D eigenvalue weighted by Gasteiger charge is 2.21. The Labute approximate surface area is 149 Å². The molecule has 0 unspecified atom stereocenters. The Kier molecular flexibility index (Phi) is 4.99. The number of ketones is 1. The number of anilines is 1. The van der Waals surface area contributed by atoms with Gasteiger partial charge in [0.1, 0.15) is 11.5 Å². The van der Waals surface area contributed by atoms with E-state index in [9.17, 15) is 4.79 Å². The minimum atomic E-state index is 0.193. The molecular weight excluding hydrogens is 312 g/mol. The molecule has 5 heteroatoms. The zero-order valence-corrected chi connectivity index (χ0v) is 15.0. The molecule has 1 aliphatic carbocycles. The second-order valence-corrected chi connectivity index (χ2v) is 7.67. The lowest BCUT2D eigenvalue weighted by Crippen LogP contribution is -2.24. The molecule has 134 valence electrons. The van der Waals surface area contributed by atoms with Crippen LogP contribution in [0.1, 0.15) is 74.7 Å². The summed E-state index contributed by atoms with van der Waals surface area (Å²) >= 11 is 0. The molecule has 0 atom stereocenters. The van der Waals surface area contributed by atoms with Crippen LogP contribution >= 0.6 is 0 Å². The lowest BCUT2D eigenvalue weighted by Gasteiger charge is -2.21. The van der Waals surface area contributed by atoms with Crippen molar-refractivity contribution in [3.05, 3.63) is 17.8 Å². The monoisotopic (exact) mass is 340 g/mol. The molecule has 1 N–H and O–H groups in total. The first-order valence-corrected chi connectivity index (χ1v) is 9.94. The number of rotatable bonds is 4. The molecule has 0 radical (unpaired) electrons. The summed E-state index contributed by atoms with van der Waals surface area (Å²) in [7, 11) is 0.